The molecule has 1 aliphatic heterocycles. The average molecular weight is 301 g/mol. The van der Waals surface area contributed by atoms with Crippen molar-refractivity contribution in [1.82, 2.24) is 5.48 Å². The van der Waals surface area contributed by atoms with Gasteiger partial charge in [-0.15, -0.1) is 24.0 Å². The van der Waals surface area contributed by atoms with Crippen LogP contribution in [0, 0.1) is 0 Å². The Hall–Kier alpha value is -0.0800. The van der Waals surface area contributed by atoms with Gasteiger partial charge in [0.25, 0.3) is 0 Å². The number of nitrogens with one attached hydrogen (secondary N) is 1. The monoisotopic (exact) mass is 301 g/mol. The molecule has 78 valence electrons. The second-order valence-electron chi connectivity index (χ2n) is 2.64. The first-order valence-corrected chi connectivity index (χ1v) is 4.04. The summed E-state index contributed by atoms with van der Waals surface area (Å²) in [6.45, 7) is 1.52. The highest BCUT2D eigenvalue weighted by molar-refractivity contribution is 14.0. The van der Waals surface area contributed by atoms with Gasteiger partial charge in [-0.2, -0.15) is 0 Å². The van der Waals surface area contributed by atoms with Crippen molar-refractivity contribution >= 4 is 29.9 Å². The second kappa shape index (κ2) is 7.34. The van der Waals surface area contributed by atoms with Gasteiger partial charge in [0.05, 0.1) is 6.10 Å². The van der Waals surface area contributed by atoms with E-state index in [4.69, 9.17) is 15.3 Å². The molecule has 0 aromatic carbocycles. The van der Waals surface area contributed by atoms with Gasteiger partial charge in [0.2, 0.25) is 5.96 Å². The summed E-state index contributed by atoms with van der Waals surface area (Å²) in [7, 11) is 1.61. The molecular weight excluding hydrogens is 285 g/mol. The Kier molecular flexibility index (Phi) is 7.29. The molecule has 0 unspecified atom stereocenters. The van der Waals surface area contributed by atoms with E-state index in [2.05, 4.69) is 10.5 Å². The summed E-state index contributed by atoms with van der Waals surface area (Å²) in [5.41, 5.74) is 7.95. The van der Waals surface area contributed by atoms with Crippen LogP contribution in [0.4, 0.5) is 0 Å². The first-order chi connectivity index (χ1) is 5.83. The van der Waals surface area contributed by atoms with Crippen molar-refractivity contribution in [3.8, 4) is 0 Å². The number of rotatable bonds is 2. The third kappa shape index (κ3) is 5.27. The van der Waals surface area contributed by atoms with Gasteiger partial charge in [-0.3, -0.25) is 9.83 Å². The van der Waals surface area contributed by atoms with E-state index < -0.39 is 0 Å². The van der Waals surface area contributed by atoms with Crippen molar-refractivity contribution in [2.45, 2.75) is 18.9 Å². The minimum absolute atomic E-state index is 0. The third-order valence-corrected chi connectivity index (χ3v) is 1.74. The molecule has 0 saturated carbocycles. The minimum atomic E-state index is 0. The van der Waals surface area contributed by atoms with E-state index in [0.29, 0.717) is 5.96 Å². The van der Waals surface area contributed by atoms with Crippen LogP contribution >= 0.6 is 24.0 Å². The second-order valence-corrected chi connectivity index (χ2v) is 2.64. The van der Waals surface area contributed by atoms with E-state index in [1.807, 2.05) is 0 Å². The maximum absolute atomic E-state index is 5.37. The van der Waals surface area contributed by atoms with Gasteiger partial charge in [0, 0.05) is 20.3 Å². The number of nitrogens with two attached hydrogens (primary N) is 1. The predicted molar refractivity (Wildman–Crippen MR) is 61.0 cm³/mol. The van der Waals surface area contributed by atoms with Crippen molar-refractivity contribution in [2.75, 3.05) is 20.3 Å². The van der Waals surface area contributed by atoms with Crippen molar-refractivity contribution in [1.29, 1.82) is 0 Å². The molecule has 13 heavy (non-hydrogen) atoms. The molecule has 0 radical (unpaired) electrons. The van der Waals surface area contributed by atoms with E-state index in [1.165, 1.54) is 0 Å². The molecule has 5 nitrogen and oxygen atoms in total. The van der Waals surface area contributed by atoms with E-state index in [1.54, 1.807) is 7.05 Å². The molecule has 0 aliphatic carbocycles. The summed E-state index contributed by atoms with van der Waals surface area (Å²) >= 11 is 0. The lowest BCUT2D eigenvalue weighted by atomic mass is 10.2. The average Bonchev–Trinajstić information content (AvgIpc) is 2.16. The molecule has 1 saturated heterocycles. The Bertz CT molecular complexity index is 160. The Balaban J connectivity index is 0.00000144. The van der Waals surface area contributed by atoms with Gasteiger partial charge in [-0.1, -0.05) is 0 Å². The number of hydroxylamine groups is 1. The van der Waals surface area contributed by atoms with Gasteiger partial charge in [0.15, 0.2) is 0 Å². The topological polar surface area (TPSA) is 68.9 Å². The van der Waals surface area contributed by atoms with E-state index in [-0.39, 0.29) is 30.1 Å². The van der Waals surface area contributed by atoms with Gasteiger partial charge in [-0.25, -0.2) is 5.48 Å². The van der Waals surface area contributed by atoms with Crippen LogP contribution in [-0.4, -0.2) is 32.3 Å². The number of ether oxygens (including phenoxy) is 1. The molecule has 3 N–H and O–H groups in total. The van der Waals surface area contributed by atoms with Crippen molar-refractivity contribution in [3.05, 3.63) is 0 Å². The molecule has 1 fully saturated rings. The highest BCUT2D eigenvalue weighted by atomic mass is 127. The maximum atomic E-state index is 5.37. The molecule has 1 aliphatic rings. The van der Waals surface area contributed by atoms with Gasteiger partial charge in [-0.05, 0) is 12.8 Å². The maximum Gasteiger partial charge on any atom is 0.212 e. The summed E-state index contributed by atoms with van der Waals surface area (Å²) in [5, 5.41) is 0. The zero-order valence-corrected chi connectivity index (χ0v) is 9.99. The molecule has 0 spiro atoms. The fourth-order valence-electron chi connectivity index (χ4n) is 0.983. The fourth-order valence-corrected chi connectivity index (χ4v) is 0.983. The molecule has 6 heteroatoms. The van der Waals surface area contributed by atoms with Gasteiger partial charge in [0.1, 0.15) is 0 Å². The lowest BCUT2D eigenvalue weighted by Crippen LogP contribution is -2.37. The lowest BCUT2D eigenvalue weighted by molar-refractivity contribution is -0.0569. The van der Waals surface area contributed by atoms with Crippen molar-refractivity contribution in [3.63, 3.8) is 0 Å². The highest BCUT2D eigenvalue weighted by Gasteiger charge is 2.14. The van der Waals surface area contributed by atoms with Crippen LogP contribution in [0.25, 0.3) is 0 Å². The largest absolute Gasteiger partial charge is 0.381 e. The molecule has 0 bridgehead atoms. The van der Waals surface area contributed by atoms with Crippen LogP contribution in [0.2, 0.25) is 0 Å². The van der Waals surface area contributed by atoms with Crippen molar-refractivity contribution < 1.29 is 9.57 Å². The zero-order chi connectivity index (χ0) is 8.81. The first-order valence-electron chi connectivity index (χ1n) is 4.04. The Morgan fingerprint density at radius 2 is 2.15 bits per heavy atom. The van der Waals surface area contributed by atoms with Crippen LogP contribution in [0.1, 0.15) is 12.8 Å². The standard InChI is InChI=1S/C7H15N3O2.HI/c1-9-7(8)10-12-6-2-4-11-5-3-6;/h6H,2-5H2,1H3,(H3,8,9,10);1H. The quantitative estimate of drug-likeness (QED) is 0.332. The Labute approximate surface area is 95.0 Å². The van der Waals surface area contributed by atoms with Crippen molar-refractivity contribution in [2.24, 2.45) is 10.7 Å². The number of aliphatic imine (C=N–C) groups is 1. The van der Waals surface area contributed by atoms with E-state index in [9.17, 15) is 0 Å². The van der Waals surface area contributed by atoms with Gasteiger partial charge < -0.3 is 10.5 Å². The smallest absolute Gasteiger partial charge is 0.212 e. The molecule has 0 atom stereocenters. The first kappa shape index (κ1) is 12.9. The van der Waals surface area contributed by atoms with Crippen LogP contribution in [0.5, 0.6) is 0 Å². The molecule has 0 aromatic rings. The summed E-state index contributed by atoms with van der Waals surface area (Å²) in [4.78, 5) is 8.95. The molecular formula is C7H16IN3O2. The summed E-state index contributed by atoms with van der Waals surface area (Å²) in [5.74, 6) is 0.307. The minimum Gasteiger partial charge on any atom is -0.381 e. The Morgan fingerprint density at radius 1 is 1.54 bits per heavy atom. The van der Waals surface area contributed by atoms with Gasteiger partial charge >= 0.3 is 0 Å². The Morgan fingerprint density at radius 3 is 2.69 bits per heavy atom. The zero-order valence-electron chi connectivity index (χ0n) is 7.66. The summed E-state index contributed by atoms with van der Waals surface area (Å²) in [6, 6.07) is 0. The van der Waals surface area contributed by atoms with Crippen LogP contribution in [0.3, 0.4) is 0 Å². The molecule has 1 heterocycles. The number of hydrogen-bond donors (Lipinski definition) is 2. The SMILES string of the molecule is CN=C(N)NOC1CCOCC1.I. The highest BCUT2D eigenvalue weighted by Crippen LogP contribution is 2.08. The molecule has 1 rings (SSSR count). The molecule has 0 amide bonds. The third-order valence-electron chi connectivity index (χ3n) is 1.74. The number of nitrogens with zero attached hydrogens (tertiary/aromatic N) is 1. The lowest BCUT2D eigenvalue weighted by Gasteiger charge is -2.21. The summed E-state index contributed by atoms with van der Waals surface area (Å²) < 4.78 is 5.16. The van der Waals surface area contributed by atoms with Crippen LogP contribution < -0.4 is 11.2 Å². The fraction of sp³-hybridized carbons (Fsp3) is 0.857. The van der Waals surface area contributed by atoms with E-state index in [0.717, 1.165) is 26.1 Å². The number of hydrogen-bond acceptors (Lipinski definition) is 3. The predicted octanol–water partition coefficient (Wildman–Crippen LogP) is 0.249. The molecule has 0 aromatic heterocycles. The van der Waals surface area contributed by atoms with E-state index >= 15 is 0 Å². The normalized spacial score (nSPS) is 19.3. The van der Waals surface area contributed by atoms with Crippen LogP contribution in [-0.2, 0) is 9.57 Å². The number of halogens is 1. The van der Waals surface area contributed by atoms with Crippen LogP contribution in [0.15, 0.2) is 4.99 Å². The number of guanidine groups is 1. The summed E-state index contributed by atoms with van der Waals surface area (Å²) in [6.07, 6.45) is 2.01.